The van der Waals surface area contributed by atoms with Crippen LogP contribution in [0.4, 0.5) is 11.4 Å². The van der Waals surface area contributed by atoms with Crippen molar-refractivity contribution in [2.24, 2.45) is 0 Å². The van der Waals surface area contributed by atoms with Gasteiger partial charge >= 0.3 is 11.9 Å². The maximum atomic E-state index is 13.2. The van der Waals surface area contributed by atoms with Crippen LogP contribution in [-0.2, 0) is 39.2 Å². The van der Waals surface area contributed by atoms with Gasteiger partial charge in [0.15, 0.2) is 0 Å². The number of ether oxygens (including phenoxy) is 1. The second-order valence-electron chi connectivity index (χ2n) is 11.3. The number of hydrogen-bond donors (Lipinski definition) is 3. The van der Waals surface area contributed by atoms with Crippen molar-refractivity contribution < 1.29 is 36.0 Å². The first-order valence-electron chi connectivity index (χ1n) is 15.6. The molecule has 14 nitrogen and oxygen atoms in total. The molecular formula is C32H34N6O8S4. The molecule has 2 aliphatic rings. The summed E-state index contributed by atoms with van der Waals surface area (Å²) in [5.74, 6) is -1.32. The van der Waals surface area contributed by atoms with Gasteiger partial charge in [-0.3, -0.25) is 4.72 Å². The molecule has 264 valence electrons. The van der Waals surface area contributed by atoms with Gasteiger partial charge in [-0.1, -0.05) is 28.7 Å². The lowest BCUT2D eigenvalue weighted by Crippen LogP contribution is -2.35. The second kappa shape index (κ2) is 14.9. The van der Waals surface area contributed by atoms with Gasteiger partial charge in [0.2, 0.25) is 5.44 Å². The van der Waals surface area contributed by atoms with Gasteiger partial charge in [-0.25, -0.2) is 36.4 Å². The SMILES string of the molecule is CCS(=O)(=O)N(OC(=O)/C=C\C(=O)OC(C)S(=O)(=O)Nc1cccc2c1SCCC2c1cnc[nH]1)c1cccc2c1SCCC2c1cnc[nH]1. The number of sulfonamides is 2. The predicted octanol–water partition coefficient (Wildman–Crippen LogP) is 4.89. The highest BCUT2D eigenvalue weighted by atomic mass is 32.2. The zero-order valence-electron chi connectivity index (χ0n) is 26.9. The molecule has 0 bridgehead atoms. The van der Waals surface area contributed by atoms with E-state index >= 15 is 0 Å². The minimum absolute atomic E-state index is 0.0199. The van der Waals surface area contributed by atoms with Crippen LogP contribution >= 0.6 is 23.5 Å². The fraction of sp³-hybridized carbons (Fsp3) is 0.312. The average molecular weight is 759 g/mol. The number of nitrogens with one attached hydrogen (secondary N) is 3. The van der Waals surface area contributed by atoms with Crippen LogP contribution in [0.3, 0.4) is 0 Å². The van der Waals surface area contributed by atoms with Crippen molar-refractivity contribution in [1.82, 2.24) is 19.9 Å². The number of esters is 1. The molecule has 0 fully saturated rings. The zero-order valence-corrected chi connectivity index (χ0v) is 30.2. The van der Waals surface area contributed by atoms with Gasteiger partial charge in [0, 0.05) is 57.6 Å². The molecule has 0 saturated heterocycles. The molecule has 0 saturated carbocycles. The van der Waals surface area contributed by atoms with E-state index in [1.54, 1.807) is 49.3 Å². The number of carbonyl (C=O) groups is 2. The van der Waals surface area contributed by atoms with Crippen LogP contribution in [0.25, 0.3) is 0 Å². The Hall–Kier alpha value is -4.26. The predicted molar refractivity (Wildman–Crippen MR) is 190 cm³/mol. The fourth-order valence-electron chi connectivity index (χ4n) is 5.74. The van der Waals surface area contributed by atoms with Crippen LogP contribution in [0.5, 0.6) is 0 Å². The van der Waals surface area contributed by atoms with Crippen LogP contribution in [0, 0.1) is 0 Å². The summed E-state index contributed by atoms with van der Waals surface area (Å²) in [7, 11) is -8.36. The molecule has 4 aromatic rings. The Morgan fingerprint density at radius 3 is 2.10 bits per heavy atom. The standard InChI is InChI=1S/C32H34N6O8S4/c1-3-49(41,42)38(28-9-5-7-24-22(13-15-48-32(24)28)27-17-34-19-36-27)46-30(40)11-10-29(39)45-20(2)50(43,44)37-25-8-4-6-23-21(12-14-47-31(23)25)26-16-33-18-35-26/h4-11,16-22,37H,3,12-15H2,1-2H3,(H,33,35)(H,34,36)/b11-10-. The molecule has 2 aliphatic heterocycles. The van der Waals surface area contributed by atoms with Crippen LogP contribution in [-0.4, -0.2) is 71.4 Å². The Kier molecular flexibility index (Phi) is 10.6. The number of rotatable bonds is 12. The van der Waals surface area contributed by atoms with E-state index in [0.717, 1.165) is 46.0 Å². The van der Waals surface area contributed by atoms with Gasteiger partial charge in [-0.15, -0.1) is 23.5 Å². The Morgan fingerprint density at radius 2 is 1.50 bits per heavy atom. The molecule has 6 rings (SSSR count). The van der Waals surface area contributed by atoms with Gasteiger partial charge in [0.1, 0.15) is 5.69 Å². The van der Waals surface area contributed by atoms with E-state index in [4.69, 9.17) is 9.57 Å². The molecule has 0 aliphatic carbocycles. The Morgan fingerprint density at radius 1 is 0.920 bits per heavy atom. The van der Waals surface area contributed by atoms with E-state index in [2.05, 4.69) is 24.7 Å². The van der Waals surface area contributed by atoms with Crippen molar-refractivity contribution in [3.05, 3.63) is 96.1 Å². The Labute approximate surface area is 297 Å². The second-order valence-corrected chi connectivity index (χ2v) is 17.6. The van der Waals surface area contributed by atoms with Crippen molar-refractivity contribution in [1.29, 1.82) is 0 Å². The molecule has 3 unspecified atom stereocenters. The summed E-state index contributed by atoms with van der Waals surface area (Å²) in [6, 6.07) is 10.4. The molecule has 0 spiro atoms. The van der Waals surface area contributed by atoms with Crippen molar-refractivity contribution in [3.63, 3.8) is 0 Å². The van der Waals surface area contributed by atoms with Gasteiger partial charge in [-0.2, -0.15) is 0 Å². The van der Waals surface area contributed by atoms with Crippen molar-refractivity contribution >= 4 is 66.9 Å². The van der Waals surface area contributed by atoms with E-state index in [0.29, 0.717) is 33.0 Å². The first kappa shape index (κ1) is 35.6. The smallest absolute Gasteiger partial charge is 0.357 e. The number of nitrogens with zero attached hydrogens (tertiary/aromatic N) is 3. The maximum absolute atomic E-state index is 13.2. The minimum atomic E-state index is -4.23. The van der Waals surface area contributed by atoms with Gasteiger partial charge in [0.25, 0.3) is 20.0 Å². The molecule has 0 amide bonds. The molecule has 3 N–H and O–H groups in total. The summed E-state index contributed by atoms with van der Waals surface area (Å²) in [6.07, 6.45) is 9.65. The van der Waals surface area contributed by atoms with E-state index < -0.39 is 37.4 Å². The summed E-state index contributed by atoms with van der Waals surface area (Å²) >= 11 is 2.96. The number of carbonyl (C=O) groups excluding carboxylic acids is 2. The van der Waals surface area contributed by atoms with E-state index in [9.17, 15) is 26.4 Å². The van der Waals surface area contributed by atoms with Gasteiger partial charge in [0.05, 0.1) is 24.1 Å². The lowest BCUT2D eigenvalue weighted by atomic mass is 9.92. The van der Waals surface area contributed by atoms with E-state index in [1.807, 2.05) is 12.1 Å². The first-order valence-corrected chi connectivity index (χ1v) is 20.7. The van der Waals surface area contributed by atoms with Crippen molar-refractivity contribution in [3.8, 4) is 0 Å². The average Bonchev–Trinajstić information content (AvgIpc) is 3.85. The topological polar surface area (TPSA) is 194 Å². The third-order valence-corrected chi connectivity index (χ3v) is 13.6. The Balaban J connectivity index is 1.13. The van der Waals surface area contributed by atoms with Gasteiger partial charge < -0.3 is 19.5 Å². The summed E-state index contributed by atoms with van der Waals surface area (Å²) in [5.41, 5.74) is 2.47. The molecule has 4 heterocycles. The quantitative estimate of drug-likeness (QED) is 0.101. The van der Waals surface area contributed by atoms with Crippen molar-refractivity contribution in [2.75, 3.05) is 26.4 Å². The third kappa shape index (κ3) is 7.57. The molecule has 2 aromatic carbocycles. The van der Waals surface area contributed by atoms with Crippen LogP contribution in [0.15, 0.2) is 83.4 Å². The third-order valence-electron chi connectivity index (χ3n) is 8.23. The normalized spacial score (nSPS) is 18.1. The molecular weight excluding hydrogens is 725 g/mol. The highest BCUT2D eigenvalue weighted by molar-refractivity contribution is 8.00. The molecule has 50 heavy (non-hydrogen) atoms. The maximum Gasteiger partial charge on any atom is 0.357 e. The highest BCUT2D eigenvalue weighted by Gasteiger charge is 2.33. The minimum Gasteiger partial charge on any atom is -0.441 e. The summed E-state index contributed by atoms with van der Waals surface area (Å²) in [6.45, 7) is 2.60. The summed E-state index contributed by atoms with van der Waals surface area (Å²) in [4.78, 5) is 46.7. The molecule has 0 radical (unpaired) electrons. The number of aromatic amines is 2. The number of hydrogen-bond acceptors (Lipinski definition) is 12. The molecule has 3 atom stereocenters. The molecule has 2 aromatic heterocycles. The monoisotopic (exact) mass is 758 g/mol. The number of aromatic nitrogens is 4. The Bertz CT molecular complexity index is 2110. The fourth-order valence-corrected chi connectivity index (χ4v) is 10.0. The lowest BCUT2D eigenvalue weighted by molar-refractivity contribution is -0.140. The van der Waals surface area contributed by atoms with Crippen LogP contribution < -0.4 is 9.19 Å². The largest absolute Gasteiger partial charge is 0.441 e. The number of anilines is 2. The van der Waals surface area contributed by atoms with Crippen LogP contribution in [0.1, 0.15) is 61.0 Å². The zero-order chi connectivity index (χ0) is 35.5. The number of thioether (sulfide) groups is 2. The first-order chi connectivity index (χ1) is 24.0. The summed E-state index contributed by atoms with van der Waals surface area (Å²) < 4.78 is 61.0. The number of fused-ring (bicyclic) bond motifs is 2. The number of benzene rings is 2. The lowest BCUT2D eigenvalue weighted by Gasteiger charge is -2.29. The van der Waals surface area contributed by atoms with E-state index in [1.165, 1.54) is 37.4 Å². The van der Waals surface area contributed by atoms with Crippen LogP contribution in [0.2, 0.25) is 0 Å². The number of imidazole rings is 2. The number of H-pyrrole nitrogens is 2. The van der Waals surface area contributed by atoms with E-state index in [-0.39, 0.29) is 23.3 Å². The summed E-state index contributed by atoms with van der Waals surface area (Å²) in [5, 5.41) is 0. The van der Waals surface area contributed by atoms with Gasteiger partial charge in [-0.05, 0) is 61.5 Å². The molecule has 18 heteroatoms. The highest BCUT2D eigenvalue weighted by Crippen LogP contribution is 2.46. The van der Waals surface area contributed by atoms with Crippen molar-refractivity contribution in [2.45, 2.75) is 53.8 Å².